The summed E-state index contributed by atoms with van der Waals surface area (Å²) in [6.07, 6.45) is -0.103. The Balaban J connectivity index is 1.64. The SMILES string of the molecule is Cc1cc(OCC(Nc2ccc(C(=O)NCCC(=O)O)cc2)C(C)C)cc(C)c1-c1ccc(C(C)(C)C)cc1. The molecule has 0 saturated carbocycles. The van der Waals surface area contributed by atoms with Crippen molar-refractivity contribution in [2.75, 3.05) is 18.5 Å². The second-order valence-corrected chi connectivity index (χ2v) is 11.5. The Bertz CT molecular complexity index is 1250. The molecule has 3 aromatic carbocycles. The molecule has 3 aromatic rings. The molecule has 1 atom stereocenters. The van der Waals surface area contributed by atoms with Gasteiger partial charge in [-0.15, -0.1) is 0 Å². The number of aryl methyl sites for hydroxylation is 2. The van der Waals surface area contributed by atoms with E-state index in [1.807, 2.05) is 12.1 Å². The summed E-state index contributed by atoms with van der Waals surface area (Å²) in [6, 6.07) is 20.3. The number of aliphatic carboxylic acids is 1. The lowest BCUT2D eigenvalue weighted by Gasteiger charge is -2.24. The number of ether oxygens (including phenoxy) is 1. The fraction of sp³-hybridized carbons (Fsp3) is 0.394. The fourth-order valence-electron chi connectivity index (χ4n) is 4.50. The van der Waals surface area contributed by atoms with Crippen LogP contribution in [-0.4, -0.2) is 36.2 Å². The van der Waals surface area contributed by atoms with E-state index in [4.69, 9.17) is 9.84 Å². The molecule has 0 aliphatic carbocycles. The van der Waals surface area contributed by atoms with Crippen molar-refractivity contribution in [3.05, 3.63) is 82.9 Å². The van der Waals surface area contributed by atoms with Gasteiger partial charge in [-0.25, -0.2) is 0 Å². The predicted molar refractivity (Wildman–Crippen MR) is 159 cm³/mol. The number of carbonyl (C=O) groups is 2. The minimum atomic E-state index is -0.941. The second kappa shape index (κ2) is 12.8. The van der Waals surface area contributed by atoms with Crippen molar-refractivity contribution in [3.63, 3.8) is 0 Å². The standard InChI is InChI=1S/C33H42N2O4/c1-21(2)29(35-27-14-10-25(11-15-27)32(38)34-17-16-30(36)37)20-39-28-18-22(3)31(23(4)19-28)24-8-12-26(13-9-24)33(5,6)7/h8-15,18-19,21,29,35H,16-17,20H2,1-7H3,(H,34,38)(H,36,37). The lowest BCUT2D eigenvalue weighted by Crippen LogP contribution is -2.32. The van der Waals surface area contributed by atoms with Crippen molar-refractivity contribution in [1.29, 1.82) is 0 Å². The van der Waals surface area contributed by atoms with Gasteiger partial charge in [-0.1, -0.05) is 58.9 Å². The Kier molecular flexibility index (Phi) is 9.79. The van der Waals surface area contributed by atoms with E-state index in [1.165, 1.54) is 27.8 Å². The van der Waals surface area contributed by atoms with Gasteiger partial charge in [0, 0.05) is 17.8 Å². The number of hydrogen-bond donors (Lipinski definition) is 3. The van der Waals surface area contributed by atoms with E-state index in [9.17, 15) is 9.59 Å². The molecule has 3 N–H and O–H groups in total. The van der Waals surface area contributed by atoms with Crippen molar-refractivity contribution in [1.82, 2.24) is 5.32 Å². The fourth-order valence-corrected chi connectivity index (χ4v) is 4.50. The van der Waals surface area contributed by atoms with Crippen LogP contribution in [0.1, 0.15) is 68.1 Å². The van der Waals surface area contributed by atoms with E-state index in [-0.39, 0.29) is 30.3 Å². The summed E-state index contributed by atoms with van der Waals surface area (Å²) in [5, 5.41) is 14.9. The van der Waals surface area contributed by atoms with Crippen LogP contribution in [0.4, 0.5) is 5.69 Å². The Hall–Kier alpha value is -3.80. The van der Waals surface area contributed by atoms with Gasteiger partial charge in [-0.05, 0) is 89.4 Å². The van der Waals surface area contributed by atoms with E-state index in [2.05, 4.69) is 95.5 Å². The quantitative estimate of drug-likeness (QED) is 0.249. The van der Waals surface area contributed by atoms with E-state index >= 15 is 0 Å². The molecular weight excluding hydrogens is 488 g/mol. The van der Waals surface area contributed by atoms with Crippen molar-refractivity contribution >= 4 is 17.6 Å². The predicted octanol–water partition coefficient (Wildman–Crippen LogP) is 6.99. The topological polar surface area (TPSA) is 87.7 Å². The summed E-state index contributed by atoms with van der Waals surface area (Å²) in [7, 11) is 0. The molecule has 0 heterocycles. The lowest BCUT2D eigenvalue weighted by molar-refractivity contribution is -0.136. The third-order valence-corrected chi connectivity index (χ3v) is 6.90. The normalized spacial score (nSPS) is 12.2. The maximum Gasteiger partial charge on any atom is 0.305 e. The minimum Gasteiger partial charge on any atom is -0.491 e. The van der Waals surface area contributed by atoms with Crippen LogP contribution in [-0.2, 0) is 10.2 Å². The van der Waals surface area contributed by atoms with Gasteiger partial charge in [0.2, 0.25) is 0 Å². The number of amides is 1. The van der Waals surface area contributed by atoms with Crippen LogP contribution in [0.5, 0.6) is 5.75 Å². The van der Waals surface area contributed by atoms with E-state index in [1.54, 1.807) is 12.1 Å². The van der Waals surface area contributed by atoms with E-state index < -0.39 is 5.97 Å². The van der Waals surface area contributed by atoms with Gasteiger partial charge in [-0.2, -0.15) is 0 Å². The molecule has 6 heteroatoms. The summed E-state index contributed by atoms with van der Waals surface area (Å²) < 4.78 is 6.27. The molecule has 0 spiro atoms. The number of carboxylic acid groups (broad SMARTS) is 1. The highest BCUT2D eigenvalue weighted by Crippen LogP contribution is 2.33. The van der Waals surface area contributed by atoms with Crippen molar-refractivity contribution in [3.8, 4) is 16.9 Å². The molecule has 39 heavy (non-hydrogen) atoms. The maximum atomic E-state index is 12.2. The monoisotopic (exact) mass is 530 g/mol. The summed E-state index contributed by atoms with van der Waals surface area (Å²) in [4.78, 5) is 22.8. The van der Waals surface area contributed by atoms with E-state index in [0.717, 1.165) is 11.4 Å². The van der Waals surface area contributed by atoms with Crippen LogP contribution in [0.15, 0.2) is 60.7 Å². The molecule has 0 bridgehead atoms. The molecule has 0 aliphatic heterocycles. The van der Waals surface area contributed by atoms with Gasteiger partial charge in [0.1, 0.15) is 12.4 Å². The highest BCUT2D eigenvalue weighted by Gasteiger charge is 2.17. The van der Waals surface area contributed by atoms with Crippen molar-refractivity contribution < 1.29 is 19.4 Å². The molecule has 3 rings (SSSR count). The highest BCUT2D eigenvalue weighted by molar-refractivity contribution is 5.94. The van der Waals surface area contributed by atoms with Crippen LogP contribution in [0.3, 0.4) is 0 Å². The van der Waals surface area contributed by atoms with Gasteiger partial charge in [0.05, 0.1) is 12.5 Å². The number of benzene rings is 3. The van der Waals surface area contributed by atoms with Crippen molar-refractivity contribution in [2.45, 2.75) is 66.3 Å². The number of hydrogen-bond acceptors (Lipinski definition) is 4. The lowest BCUT2D eigenvalue weighted by atomic mass is 9.85. The molecule has 0 fully saturated rings. The van der Waals surface area contributed by atoms with Crippen LogP contribution < -0.4 is 15.4 Å². The minimum absolute atomic E-state index is 0.0606. The molecule has 1 amide bonds. The average Bonchev–Trinajstić information content (AvgIpc) is 2.86. The van der Waals surface area contributed by atoms with Crippen LogP contribution in [0.2, 0.25) is 0 Å². The zero-order chi connectivity index (χ0) is 28.7. The number of carbonyl (C=O) groups excluding carboxylic acids is 1. The van der Waals surface area contributed by atoms with Crippen LogP contribution in [0.25, 0.3) is 11.1 Å². The smallest absolute Gasteiger partial charge is 0.305 e. The summed E-state index contributed by atoms with van der Waals surface area (Å²) in [6.45, 7) is 15.8. The van der Waals surface area contributed by atoms with Crippen molar-refractivity contribution in [2.24, 2.45) is 5.92 Å². The summed E-state index contributed by atoms with van der Waals surface area (Å²) >= 11 is 0. The average molecular weight is 531 g/mol. The first-order valence-corrected chi connectivity index (χ1v) is 13.6. The number of nitrogens with one attached hydrogen (secondary N) is 2. The first kappa shape index (κ1) is 29.8. The first-order chi connectivity index (χ1) is 18.3. The molecule has 6 nitrogen and oxygen atoms in total. The van der Waals surface area contributed by atoms with Gasteiger partial charge in [0.15, 0.2) is 0 Å². The Labute approximate surface area is 232 Å². The van der Waals surface area contributed by atoms with Gasteiger partial charge in [0.25, 0.3) is 5.91 Å². The second-order valence-electron chi connectivity index (χ2n) is 11.5. The van der Waals surface area contributed by atoms with Crippen LogP contribution in [0, 0.1) is 19.8 Å². The number of carboxylic acids is 1. The Morgan fingerprint density at radius 2 is 1.51 bits per heavy atom. The molecule has 0 aliphatic rings. The summed E-state index contributed by atoms with van der Waals surface area (Å²) in [5.41, 5.74) is 7.64. The van der Waals surface area contributed by atoms with Crippen LogP contribution >= 0.6 is 0 Å². The van der Waals surface area contributed by atoms with Gasteiger partial charge in [-0.3, -0.25) is 9.59 Å². The summed E-state index contributed by atoms with van der Waals surface area (Å²) in [5.74, 6) is -0.0671. The molecule has 0 saturated heterocycles. The molecular formula is C33H42N2O4. The molecule has 1 unspecified atom stereocenters. The zero-order valence-corrected chi connectivity index (χ0v) is 24.2. The zero-order valence-electron chi connectivity index (χ0n) is 24.2. The first-order valence-electron chi connectivity index (χ1n) is 13.6. The number of rotatable bonds is 11. The largest absolute Gasteiger partial charge is 0.491 e. The van der Waals surface area contributed by atoms with E-state index in [0.29, 0.717) is 18.1 Å². The van der Waals surface area contributed by atoms with Gasteiger partial charge >= 0.3 is 5.97 Å². The Morgan fingerprint density at radius 3 is 2.03 bits per heavy atom. The molecule has 0 aromatic heterocycles. The molecule has 208 valence electrons. The number of anilines is 1. The highest BCUT2D eigenvalue weighted by atomic mass is 16.5. The van der Waals surface area contributed by atoms with Gasteiger partial charge < -0.3 is 20.5 Å². The molecule has 0 radical (unpaired) electrons. The Morgan fingerprint density at radius 1 is 0.923 bits per heavy atom. The third-order valence-electron chi connectivity index (χ3n) is 6.90. The third kappa shape index (κ3) is 8.34. The maximum absolute atomic E-state index is 12.2.